The van der Waals surface area contributed by atoms with Gasteiger partial charge in [0.05, 0.1) is 0 Å². The van der Waals surface area contributed by atoms with Crippen LogP contribution in [0.2, 0.25) is 12.1 Å². The zero-order chi connectivity index (χ0) is 7.52. The summed E-state index contributed by atoms with van der Waals surface area (Å²) in [6.45, 7) is 0. The first kappa shape index (κ1) is 7.70. The second-order valence-corrected chi connectivity index (χ2v) is 4.52. The number of fused-ring (bicyclic) bond motifs is 6. The van der Waals surface area contributed by atoms with Crippen LogP contribution in [-0.4, -0.2) is 7.28 Å². The monoisotopic (exact) mass is 150 g/mol. The third kappa shape index (κ3) is 2.01. The van der Waals surface area contributed by atoms with Crippen LogP contribution in [0.25, 0.3) is 0 Å². The topological polar surface area (TPSA) is 0 Å². The Morgan fingerprint density at radius 1 is 0.818 bits per heavy atom. The molecule has 1 aliphatic carbocycles. The molecule has 2 saturated heterocycles. The van der Waals surface area contributed by atoms with Gasteiger partial charge in [-0.25, -0.2) is 0 Å². The first-order valence-corrected chi connectivity index (χ1v) is 5.45. The molecule has 2 aliphatic heterocycles. The van der Waals surface area contributed by atoms with E-state index < -0.39 is 0 Å². The lowest BCUT2D eigenvalue weighted by molar-refractivity contribution is 0.356. The maximum atomic E-state index is 1.55. The lowest BCUT2D eigenvalue weighted by Gasteiger charge is -2.28. The van der Waals surface area contributed by atoms with Crippen LogP contribution in [0.5, 0.6) is 0 Å². The van der Waals surface area contributed by atoms with Crippen LogP contribution >= 0.6 is 0 Å². The van der Waals surface area contributed by atoms with Crippen LogP contribution in [0.3, 0.4) is 0 Å². The highest BCUT2D eigenvalue weighted by Gasteiger charge is 2.20. The molecule has 1 heteroatoms. The molecule has 3 aliphatic rings. The molecule has 0 unspecified atom stereocenters. The summed E-state index contributed by atoms with van der Waals surface area (Å²) in [4.78, 5) is 0. The quantitative estimate of drug-likeness (QED) is 0.465. The van der Waals surface area contributed by atoms with Gasteiger partial charge in [0.1, 0.15) is 7.28 Å². The van der Waals surface area contributed by atoms with Gasteiger partial charge in [0.15, 0.2) is 0 Å². The lowest BCUT2D eigenvalue weighted by Crippen LogP contribution is -2.15. The largest absolute Gasteiger partial charge is 0.124 e. The van der Waals surface area contributed by atoms with Crippen molar-refractivity contribution in [3.63, 3.8) is 0 Å². The predicted octanol–water partition coefficient (Wildman–Crippen LogP) is 3.00. The third-order valence-electron chi connectivity index (χ3n) is 3.67. The second kappa shape index (κ2) is 3.64. The Labute approximate surface area is 71.0 Å². The summed E-state index contributed by atoms with van der Waals surface area (Å²) in [6.07, 6.45) is 12.4. The highest BCUT2D eigenvalue weighted by atomic mass is 14.2. The summed E-state index contributed by atoms with van der Waals surface area (Å²) in [5.41, 5.74) is 0. The van der Waals surface area contributed by atoms with E-state index in [1.807, 2.05) is 0 Å². The van der Waals surface area contributed by atoms with Gasteiger partial charge in [-0.3, -0.25) is 0 Å². The molecule has 2 heterocycles. The molecule has 0 aromatic rings. The van der Waals surface area contributed by atoms with Gasteiger partial charge < -0.3 is 0 Å². The zero-order valence-electron chi connectivity index (χ0n) is 7.52. The average molecular weight is 150 g/mol. The summed E-state index contributed by atoms with van der Waals surface area (Å²) < 4.78 is 0. The van der Waals surface area contributed by atoms with Crippen molar-refractivity contribution < 1.29 is 0 Å². The summed E-state index contributed by atoms with van der Waals surface area (Å²) in [5.74, 6) is 2.24. The molecule has 62 valence electrons. The standard InChI is InChI=1S/C10H19B/c1-3-9-4-2-6-10(5-1)11-8-7-9/h9-11H,1-8H2. The van der Waals surface area contributed by atoms with Crippen molar-refractivity contribution in [1.29, 1.82) is 0 Å². The lowest BCUT2D eigenvalue weighted by atomic mass is 9.54. The van der Waals surface area contributed by atoms with E-state index in [9.17, 15) is 0 Å². The van der Waals surface area contributed by atoms with E-state index in [0.29, 0.717) is 0 Å². The molecule has 3 rings (SSSR count). The molecule has 0 radical (unpaired) electrons. The zero-order valence-corrected chi connectivity index (χ0v) is 7.52. The van der Waals surface area contributed by atoms with Crippen molar-refractivity contribution in [2.24, 2.45) is 5.92 Å². The molecular weight excluding hydrogens is 131 g/mol. The molecule has 0 aromatic carbocycles. The van der Waals surface area contributed by atoms with E-state index in [0.717, 1.165) is 11.7 Å². The molecule has 0 N–H and O–H groups in total. The molecule has 0 spiro atoms. The Balaban J connectivity index is 1.96. The van der Waals surface area contributed by atoms with E-state index in [2.05, 4.69) is 0 Å². The van der Waals surface area contributed by atoms with E-state index in [4.69, 9.17) is 0 Å². The molecule has 11 heavy (non-hydrogen) atoms. The van der Waals surface area contributed by atoms with Crippen molar-refractivity contribution in [3.05, 3.63) is 0 Å². The highest BCUT2D eigenvalue weighted by Crippen LogP contribution is 2.35. The molecular formula is C10H19B. The molecule has 0 atom stereocenters. The van der Waals surface area contributed by atoms with Crippen molar-refractivity contribution >= 4 is 7.28 Å². The fourth-order valence-electron chi connectivity index (χ4n) is 2.95. The maximum Gasteiger partial charge on any atom is 0.124 e. The maximum absolute atomic E-state index is 1.55. The minimum Gasteiger partial charge on any atom is -0.0769 e. The number of hydrogen-bond acceptors (Lipinski definition) is 0. The van der Waals surface area contributed by atoms with Gasteiger partial charge >= 0.3 is 0 Å². The van der Waals surface area contributed by atoms with E-state index in [-0.39, 0.29) is 0 Å². The fourth-order valence-corrected chi connectivity index (χ4v) is 2.95. The fraction of sp³-hybridized carbons (Fsp3) is 1.00. The Morgan fingerprint density at radius 2 is 1.55 bits per heavy atom. The van der Waals surface area contributed by atoms with Crippen molar-refractivity contribution in [3.8, 4) is 0 Å². The summed E-state index contributed by atoms with van der Waals surface area (Å²) in [5, 5.41) is 0. The van der Waals surface area contributed by atoms with Gasteiger partial charge in [0, 0.05) is 0 Å². The Bertz CT molecular complexity index is 86.3. The molecule has 1 saturated carbocycles. The summed E-state index contributed by atoms with van der Waals surface area (Å²) in [7, 11) is 1.55. The van der Waals surface area contributed by atoms with Crippen molar-refractivity contribution in [2.75, 3.05) is 0 Å². The Hall–Kier alpha value is 0.0649. The van der Waals surface area contributed by atoms with E-state index in [1.165, 1.54) is 19.2 Å². The first-order valence-electron chi connectivity index (χ1n) is 5.45. The summed E-state index contributed by atoms with van der Waals surface area (Å²) in [6, 6.07) is 0. The third-order valence-corrected chi connectivity index (χ3v) is 3.67. The van der Waals surface area contributed by atoms with Gasteiger partial charge in [-0.05, 0) is 5.92 Å². The van der Waals surface area contributed by atoms with Crippen LogP contribution in [0, 0.1) is 5.92 Å². The second-order valence-electron chi connectivity index (χ2n) is 4.52. The molecule has 0 aromatic heterocycles. The van der Waals surface area contributed by atoms with Crippen molar-refractivity contribution in [2.45, 2.75) is 57.1 Å². The van der Waals surface area contributed by atoms with E-state index in [1.54, 1.807) is 39.4 Å². The van der Waals surface area contributed by atoms with Crippen LogP contribution in [0.4, 0.5) is 0 Å². The first-order chi connectivity index (χ1) is 5.45. The average Bonchev–Trinajstić information content (AvgIpc) is 1.80. The minimum atomic E-state index is 1.12. The molecule has 0 nitrogen and oxygen atoms in total. The SMILES string of the molecule is B1CCC2CCCC1CCC2. The van der Waals surface area contributed by atoms with Crippen LogP contribution in [0.1, 0.15) is 44.9 Å². The van der Waals surface area contributed by atoms with Gasteiger partial charge in [0.2, 0.25) is 0 Å². The van der Waals surface area contributed by atoms with Crippen LogP contribution in [-0.2, 0) is 0 Å². The van der Waals surface area contributed by atoms with E-state index >= 15 is 0 Å². The minimum absolute atomic E-state index is 1.12. The van der Waals surface area contributed by atoms with Gasteiger partial charge in [-0.15, -0.1) is 0 Å². The van der Waals surface area contributed by atoms with Crippen LogP contribution in [0.15, 0.2) is 0 Å². The Morgan fingerprint density at radius 3 is 2.27 bits per heavy atom. The highest BCUT2D eigenvalue weighted by molar-refractivity contribution is 6.37. The van der Waals surface area contributed by atoms with Gasteiger partial charge in [0.25, 0.3) is 0 Å². The number of hydrogen-bond donors (Lipinski definition) is 0. The predicted molar refractivity (Wildman–Crippen MR) is 51.5 cm³/mol. The summed E-state index contributed by atoms with van der Waals surface area (Å²) >= 11 is 0. The van der Waals surface area contributed by atoms with Crippen LogP contribution < -0.4 is 0 Å². The normalized spacial score (nSPS) is 38.5. The molecule has 2 bridgehead atoms. The number of rotatable bonds is 0. The smallest absolute Gasteiger partial charge is 0.0769 e. The molecule has 3 fully saturated rings. The van der Waals surface area contributed by atoms with Gasteiger partial charge in [-0.1, -0.05) is 57.1 Å². The van der Waals surface area contributed by atoms with Gasteiger partial charge in [-0.2, -0.15) is 0 Å². The Kier molecular flexibility index (Phi) is 2.55. The molecule has 0 amide bonds. The van der Waals surface area contributed by atoms with Crippen molar-refractivity contribution in [1.82, 2.24) is 0 Å².